The molecule has 0 saturated heterocycles. The summed E-state index contributed by atoms with van der Waals surface area (Å²) in [6.45, 7) is 6.73. The van der Waals surface area contributed by atoms with Crippen LogP contribution in [0.15, 0.2) is 58.5 Å². The van der Waals surface area contributed by atoms with Gasteiger partial charge in [-0.05, 0) is 55.9 Å². The van der Waals surface area contributed by atoms with E-state index in [1.165, 1.54) is 17.8 Å². The van der Waals surface area contributed by atoms with Crippen molar-refractivity contribution < 1.29 is 27.9 Å². The number of aliphatic carboxylic acids is 1. The van der Waals surface area contributed by atoms with Crippen molar-refractivity contribution >= 4 is 50.5 Å². The average molecular weight is 603 g/mol. The largest absolute Gasteiger partial charge is 0.478 e. The maximum atomic E-state index is 14.1. The van der Waals surface area contributed by atoms with Crippen LogP contribution in [0.5, 0.6) is 5.75 Å². The summed E-state index contributed by atoms with van der Waals surface area (Å²) >= 11 is 1.40. The molecule has 0 aromatic heterocycles. The zero-order chi connectivity index (χ0) is 30.0. The first-order valence-electron chi connectivity index (χ1n) is 14.3. The van der Waals surface area contributed by atoms with Gasteiger partial charge in [0.1, 0.15) is 5.75 Å². The predicted octanol–water partition coefficient (Wildman–Crippen LogP) is 7.42. The van der Waals surface area contributed by atoms with Crippen molar-refractivity contribution in [2.24, 2.45) is 5.41 Å². The van der Waals surface area contributed by atoms with Crippen LogP contribution in [0, 0.1) is 5.41 Å². The number of thioether (sulfide) groups is 1. The fraction of sp³-hybridized carbons (Fsp3) is 0.484. The molecule has 0 aliphatic carbocycles. The van der Waals surface area contributed by atoms with Crippen LogP contribution in [-0.2, 0) is 19.4 Å². The Hall–Kier alpha value is -2.98. The Morgan fingerprint density at radius 2 is 1.73 bits per heavy atom. The van der Waals surface area contributed by atoms with Crippen molar-refractivity contribution in [2.45, 2.75) is 81.9 Å². The van der Waals surface area contributed by atoms with Gasteiger partial charge in [0.25, 0.3) is 0 Å². The van der Waals surface area contributed by atoms with Crippen molar-refractivity contribution in [2.75, 3.05) is 28.8 Å². The van der Waals surface area contributed by atoms with E-state index in [0.717, 1.165) is 63.0 Å². The molecule has 1 amide bonds. The Morgan fingerprint density at radius 1 is 1.07 bits per heavy atom. The standard InChI is InChI=1S/C31H42N2O6S2/c1-5-8-16-31(17-9-6-2)21-33(24-13-11-23(12-14-24)32-29(34)10-7-3)25-19-27(40-4)26(39-18-15-30(35)36)20-28(25)41(37,38)22-31/h11-15,18-20H,5-10,16-17,21-22H2,1-4H3,(H,32,34)(H,35,36)/b18-15+. The molecule has 3 rings (SSSR count). The Bertz CT molecular complexity index is 1330. The molecule has 0 unspecified atom stereocenters. The number of nitrogens with one attached hydrogen (secondary N) is 1. The van der Waals surface area contributed by atoms with Crippen molar-refractivity contribution in [1.82, 2.24) is 0 Å². The number of nitrogens with zero attached hydrogens (tertiary/aromatic N) is 1. The number of rotatable bonds is 14. The maximum Gasteiger partial charge on any atom is 0.331 e. The number of carbonyl (C=O) groups is 2. The molecule has 2 N–H and O–H groups in total. The first kappa shape index (κ1) is 32.5. The first-order chi connectivity index (χ1) is 19.6. The quantitative estimate of drug-likeness (QED) is 0.131. The molecule has 0 atom stereocenters. The number of fused-ring (bicyclic) bond motifs is 1. The van der Waals surface area contributed by atoms with Gasteiger partial charge in [-0.15, -0.1) is 11.8 Å². The molecule has 1 aliphatic heterocycles. The highest BCUT2D eigenvalue weighted by Gasteiger charge is 2.42. The summed E-state index contributed by atoms with van der Waals surface area (Å²) in [5.41, 5.74) is 1.64. The number of amides is 1. The fourth-order valence-corrected chi connectivity index (χ4v) is 7.95. The van der Waals surface area contributed by atoms with E-state index < -0.39 is 21.2 Å². The van der Waals surface area contributed by atoms with E-state index >= 15 is 0 Å². The van der Waals surface area contributed by atoms with E-state index in [9.17, 15) is 18.0 Å². The van der Waals surface area contributed by atoms with Crippen molar-refractivity contribution in [3.05, 3.63) is 48.7 Å². The van der Waals surface area contributed by atoms with Crippen LogP contribution in [0.2, 0.25) is 0 Å². The third-order valence-electron chi connectivity index (χ3n) is 7.33. The molecular weight excluding hydrogens is 560 g/mol. The predicted molar refractivity (Wildman–Crippen MR) is 166 cm³/mol. The molecule has 1 heterocycles. The Labute approximate surface area is 248 Å². The molecule has 2 aromatic rings. The lowest BCUT2D eigenvalue weighted by Crippen LogP contribution is -2.38. The molecule has 1 aliphatic rings. The van der Waals surface area contributed by atoms with Gasteiger partial charge in [-0.2, -0.15) is 0 Å². The van der Waals surface area contributed by atoms with Gasteiger partial charge in [-0.25, -0.2) is 13.2 Å². The van der Waals surface area contributed by atoms with Crippen molar-refractivity contribution in [3.8, 4) is 5.75 Å². The Balaban J connectivity index is 2.19. The molecule has 0 radical (unpaired) electrons. The molecule has 0 saturated carbocycles. The monoisotopic (exact) mass is 602 g/mol. The highest BCUT2D eigenvalue weighted by Crippen LogP contribution is 2.48. The van der Waals surface area contributed by atoms with E-state index in [1.54, 1.807) is 0 Å². The van der Waals surface area contributed by atoms with E-state index in [-0.39, 0.29) is 16.6 Å². The number of ether oxygens (including phenoxy) is 1. The molecule has 41 heavy (non-hydrogen) atoms. The van der Waals surface area contributed by atoms with E-state index in [0.29, 0.717) is 35.0 Å². The zero-order valence-electron chi connectivity index (χ0n) is 24.4. The summed E-state index contributed by atoms with van der Waals surface area (Å²) in [4.78, 5) is 26.1. The van der Waals surface area contributed by atoms with Gasteiger partial charge in [0.2, 0.25) is 5.91 Å². The van der Waals surface area contributed by atoms with Gasteiger partial charge in [0.15, 0.2) is 9.84 Å². The summed E-state index contributed by atoms with van der Waals surface area (Å²) in [6.07, 6.45) is 10.4. The van der Waals surface area contributed by atoms with Gasteiger partial charge in [-0.3, -0.25) is 4.79 Å². The second kappa shape index (κ2) is 14.8. The van der Waals surface area contributed by atoms with E-state index in [2.05, 4.69) is 24.1 Å². The first-order valence-corrected chi connectivity index (χ1v) is 17.1. The van der Waals surface area contributed by atoms with Gasteiger partial charge >= 0.3 is 5.97 Å². The van der Waals surface area contributed by atoms with Crippen LogP contribution >= 0.6 is 11.8 Å². The summed E-state index contributed by atoms with van der Waals surface area (Å²) in [5.74, 6) is -0.882. The summed E-state index contributed by atoms with van der Waals surface area (Å²) < 4.78 is 33.9. The number of carbonyl (C=O) groups excluding carboxylic acids is 1. The molecule has 10 heteroatoms. The molecule has 0 spiro atoms. The smallest absolute Gasteiger partial charge is 0.331 e. The van der Waals surface area contributed by atoms with Gasteiger partial charge in [-0.1, -0.05) is 46.5 Å². The van der Waals surface area contributed by atoms with Crippen LogP contribution in [0.25, 0.3) is 0 Å². The maximum absolute atomic E-state index is 14.1. The Kier molecular flexibility index (Phi) is 11.7. The van der Waals surface area contributed by atoms with Crippen LogP contribution in [0.1, 0.15) is 72.1 Å². The lowest BCUT2D eigenvalue weighted by Gasteiger charge is -2.37. The number of carboxylic acid groups (broad SMARTS) is 1. The van der Waals surface area contributed by atoms with Crippen LogP contribution < -0.4 is 15.0 Å². The third kappa shape index (κ3) is 8.52. The van der Waals surface area contributed by atoms with Crippen molar-refractivity contribution in [3.63, 3.8) is 0 Å². The van der Waals surface area contributed by atoms with Crippen LogP contribution in [0.3, 0.4) is 0 Å². The molecular formula is C31H42N2O6S2. The van der Waals surface area contributed by atoms with E-state index in [1.807, 2.05) is 43.5 Å². The lowest BCUT2D eigenvalue weighted by molar-refractivity contribution is -0.131. The molecule has 224 valence electrons. The number of anilines is 3. The summed E-state index contributed by atoms with van der Waals surface area (Å²) in [5, 5.41) is 11.9. The van der Waals surface area contributed by atoms with Crippen LogP contribution in [-0.4, -0.2) is 44.0 Å². The second-order valence-corrected chi connectivity index (χ2v) is 13.4. The van der Waals surface area contributed by atoms with Crippen molar-refractivity contribution in [1.29, 1.82) is 0 Å². The van der Waals surface area contributed by atoms with E-state index in [4.69, 9.17) is 9.84 Å². The normalized spacial score (nSPS) is 15.8. The number of hydrogen-bond donors (Lipinski definition) is 2. The summed E-state index contributed by atoms with van der Waals surface area (Å²) in [7, 11) is -3.74. The SMILES string of the molecule is CCCCC1(CCCC)CN(c2ccc(NC(=O)CCC)cc2)c2cc(SC)c(O/C=C/C(=O)O)cc2S(=O)(=O)C1. The van der Waals surface area contributed by atoms with Crippen LogP contribution in [0.4, 0.5) is 17.1 Å². The average Bonchev–Trinajstić information content (AvgIpc) is 3.02. The molecule has 0 fully saturated rings. The highest BCUT2D eigenvalue weighted by molar-refractivity contribution is 7.98. The number of benzene rings is 2. The second-order valence-electron chi connectivity index (χ2n) is 10.6. The molecule has 2 aromatic carbocycles. The summed E-state index contributed by atoms with van der Waals surface area (Å²) in [6, 6.07) is 10.9. The highest BCUT2D eigenvalue weighted by atomic mass is 32.2. The Morgan fingerprint density at radius 3 is 2.29 bits per heavy atom. The molecule has 8 nitrogen and oxygen atoms in total. The van der Waals surface area contributed by atoms with Gasteiger partial charge < -0.3 is 20.1 Å². The number of hydrogen-bond acceptors (Lipinski definition) is 7. The fourth-order valence-electron chi connectivity index (χ4n) is 5.29. The molecule has 0 bridgehead atoms. The minimum Gasteiger partial charge on any atom is -0.478 e. The minimum atomic E-state index is -3.74. The minimum absolute atomic E-state index is 0.0255. The number of unbranched alkanes of at least 4 members (excludes halogenated alkanes) is 2. The lowest BCUT2D eigenvalue weighted by atomic mass is 9.79. The number of carboxylic acids is 1. The zero-order valence-corrected chi connectivity index (χ0v) is 26.1. The topological polar surface area (TPSA) is 113 Å². The van der Waals surface area contributed by atoms with Gasteiger partial charge in [0, 0.05) is 35.8 Å². The third-order valence-corrected chi connectivity index (χ3v) is 10.1. The number of sulfone groups is 1. The van der Waals surface area contributed by atoms with Gasteiger partial charge in [0.05, 0.1) is 33.6 Å².